The summed E-state index contributed by atoms with van der Waals surface area (Å²) < 4.78 is 6.00. The second-order valence-corrected chi connectivity index (χ2v) is 8.68. The zero-order chi connectivity index (χ0) is 18.5. The molecule has 134 valence electrons. The number of fused-ring (bicyclic) bond motifs is 3. The molecule has 3 atom stereocenters. The third kappa shape index (κ3) is 2.30. The molecule has 3 rings (SSSR count). The number of ether oxygens (including phenoxy) is 1. The van der Waals surface area contributed by atoms with Crippen LogP contribution in [0.1, 0.15) is 48.5 Å². The molecule has 0 aliphatic heterocycles. The average Bonchev–Trinajstić information content (AvgIpc) is 2.61. The number of halogens is 1. The van der Waals surface area contributed by atoms with Crippen LogP contribution in [0.25, 0.3) is 0 Å². The molecule has 0 saturated heterocycles. The summed E-state index contributed by atoms with van der Waals surface area (Å²) in [6, 6.07) is 5.75. The average molecular weight is 470 g/mol. The van der Waals surface area contributed by atoms with E-state index in [-0.39, 0.29) is 17.2 Å². The lowest BCUT2D eigenvalue weighted by molar-refractivity contribution is -0.167. The normalized spacial score (nSPS) is 34.0. The van der Waals surface area contributed by atoms with Crippen molar-refractivity contribution in [2.24, 2.45) is 10.8 Å². The maximum Gasteiger partial charge on any atom is 0.312 e. The minimum atomic E-state index is -0.771. The number of alkyl halides is 1. The number of methoxy groups -OCH3 is 1. The summed E-state index contributed by atoms with van der Waals surface area (Å²) in [5.41, 5.74) is 0.0326. The van der Waals surface area contributed by atoms with Crippen molar-refractivity contribution in [2.75, 3.05) is 11.5 Å². The Morgan fingerprint density at radius 1 is 1.44 bits per heavy atom. The first kappa shape index (κ1) is 19.0. The van der Waals surface area contributed by atoms with Crippen molar-refractivity contribution in [1.29, 1.82) is 0 Å². The monoisotopic (exact) mass is 470 g/mol. The molecule has 25 heavy (non-hydrogen) atoms. The number of benzene rings is 1. The molecule has 2 aliphatic carbocycles. The SMILES string of the molecule is C=CC12CC(=O)c3ccc(S)cc3C1(CI)CCC[C@]2(C)C(=O)OC. The van der Waals surface area contributed by atoms with Gasteiger partial charge in [-0.2, -0.15) is 0 Å². The zero-order valence-corrected chi connectivity index (χ0v) is 17.7. The lowest BCUT2D eigenvalue weighted by Crippen LogP contribution is -2.63. The third-order valence-corrected chi connectivity index (χ3v) is 8.17. The highest BCUT2D eigenvalue weighted by atomic mass is 127. The molecule has 1 aromatic carbocycles. The summed E-state index contributed by atoms with van der Waals surface area (Å²) in [6.07, 6.45) is 4.70. The molecular weight excluding hydrogens is 447 g/mol. The van der Waals surface area contributed by atoms with Crippen LogP contribution in [0.3, 0.4) is 0 Å². The van der Waals surface area contributed by atoms with Crippen LogP contribution < -0.4 is 0 Å². The molecule has 0 spiro atoms. The number of carbonyl (C=O) groups excluding carboxylic acids is 2. The molecule has 5 heteroatoms. The predicted molar refractivity (Wildman–Crippen MR) is 110 cm³/mol. The molecule has 1 aromatic rings. The van der Waals surface area contributed by atoms with Crippen LogP contribution in [0.15, 0.2) is 35.7 Å². The molecular formula is C20H23IO3S. The number of carbonyl (C=O) groups is 2. The van der Waals surface area contributed by atoms with E-state index in [0.717, 1.165) is 33.3 Å². The van der Waals surface area contributed by atoms with Crippen molar-refractivity contribution in [3.05, 3.63) is 42.0 Å². The Morgan fingerprint density at radius 3 is 2.76 bits per heavy atom. The van der Waals surface area contributed by atoms with E-state index in [9.17, 15) is 9.59 Å². The Labute approximate surface area is 168 Å². The van der Waals surface area contributed by atoms with Gasteiger partial charge in [0.05, 0.1) is 12.5 Å². The van der Waals surface area contributed by atoms with E-state index >= 15 is 0 Å². The highest BCUT2D eigenvalue weighted by Crippen LogP contribution is 2.67. The van der Waals surface area contributed by atoms with Gasteiger partial charge >= 0.3 is 5.97 Å². The van der Waals surface area contributed by atoms with Crippen molar-refractivity contribution in [2.45, 2.75) is 42.9 Å². The number of Topliss-reactive ketones (excluding diaryl/α,β-unsaturated/α-hetero) is 1. The first-order valence-electron chi connectivity index (χ1n) is 8.46. The van der Waals surface area contributed by atoms with Crippen molar-refractivity contribution in [3.8, 4) is 0 Å². The first-order valence-corrected chi connectivity index (χ1v) is 10.4. The van der Waals surface area contributed by atoms with Crippen LogP contribution in [-0.2, 0) is 14.9 Å². The number of esters is 1. The number of ketones is 1. The highest BCUT2D eigenvalue weighted by Gasteiger charge is 2.67. The van der Waals surface area contributed by atoms with Gasteiger partial charge in [0, 0.05) is 32.1 Å². The van der Waals surface area contributed by atoms with Crippen LogP contribution in [0.2, 0.25) is 0 Å². The molecule has 0 amide bonds. The number of rotatable bonds is 3. The molecule has 0 radical (unpaired) electrons. The van der Waals surface area contributed by atoms with Gasteiger partial charge in [0.1, 0.15) is 0 Å². The summed E-state index contributed by atoms with van der Waals surface area (Å²) in [6.45, 7) is 6.06. The third-order valence-electron chi connectivity index (χ3n) is 6.59. The fraction of sp³-hybridized carbons (Fsp3) is 0.500. The minimum Gasteiger partial charge on any atom is -0.469 e. The number of allylic oxidation sites excluding steroid dienone is 1. The van der Waals surface area contributed by atoms with Gasteiger partial charge in [-0.05, 0) is 37.5 Å². The van der Waals surface area contributed by atoms with Gasteiger partial charge in [-0.3, -0.25) is 9.59 Å². The van der Waals surface area contributed by atoms with E-state index in [1.807, 2.05) is 31.2 Å². The van der Waals surface area contributed by atoms with E-state index < -0.39 is 10.8 Å². The van der Waals surface area contributed by atoms with Gasteiger partial charge in [0.2, 0.25) is 0 Å². The minimum absolute atomic E-state index is 0.0701. The zero-order valence-electron chi connectivity index (χ0n) is 14.6. The molecule has 1 fully saturated rings. The Bertz CT molecular complexity index is 761. The summed E-state index contributed by atoms with van der Waals surface area (Å²) in [4.78, 5) is 26.7. The van der Waals surface area contributed by atoms with Gasteiger partial charge < -0.3 is 4.74 Å². The van der Waals surface area contributed by atoms with E-state index in [0.29, 0.717) is 12.8 Å². The Hall–Kier alpha value is -0.820. The fourth-order valence-electron chi connectivity index (χ4n) is 5.24. The van der Waals surface area contributed by atoms with Crippen LogP contribution in [-0.4, -0.2) is 23.3 Å². The predicted octanol–water partition coefficient (Wildman–Crippen LogP) is 4.77. The van der Waals surface area contributed by atoms with E-state index in [4.69, 9.17) is 4.74 Å². The molecule has 3 nitrogen and oxygen atoms in total. The maximum absolute atomic E-state index is 13.0. The quantitative estimate of drug-likeness (QED) is 0.228. The second kappa shape index (κ2) is 6.41. The second-order valence-electron chi connectivity index (χ2n) is 7.40. The standard InChI is InChI=1S/C20H23IO3S/c1-4-20-11-16(22)14-7-6-13(25)10-15(14)19(20,12-21)9-5-8-18(20,2)17(23)24-3/h4,6-7,10,25H,1,5,8-9,11-12H2,2-3H3/t18-,19?,20?/m1/s1. The molecule has 2 aliphatic rings. The Morgan fingerprint density at radius 2 is 2.16 bits per heavy atom. The topological polar surface area (TPSA) is 43.4 Å². The Balaban J connectivity index is 2.37. The van der Waals surface area contributed by atoms with Crippen LogP contribution >= 0.6 is 35.2 Å². The summed E-state index contributed by atoms with van der Waals surface area (Å²) >= 11 is 6.90. The van der Waals surface area contributed by atoms with Gasteiger partial charge in [0.15, 0.2) is 5.78 Å². The number of thiol groups is 1. The van der Waals surface area contributed by atoms with E-state index in [1.165, 1.54) is 7.11 Å². The van der Waals surface area contributed by atoms with Gasteiger partial charge in [-0.25, -0.2) is 0 Å². The summed E-state index contributed by atoms with van der Waals surface area (Å²) in [5, 5.41) is 0. The van der Waals surface area contributed by atoms with Crippen molar-refractivity contribution in [1.82, 2.24) is 0 Å². The van der Waals surface area contributed by atoms with E-state index in [2.05, 4.69) is 41.8 Å². The maximum atomic E-state index is 13.0. The molecule has 0 bridgehead atoms. The van der Waals surface area contributed by atoms with Crippen LogP contribution in [0, 0.1) is 10.8 Å². The summed E-state index contributed by atoms with van der Waals surface area (Å²) in [5.74, 6) is -0.180. The number of hydrogen-bond acceptors (Lipinski definition) is 4. The first-order chi connectivity index (χ1) is 11.8. The van der Waals surface area contributed by atoms with Crippen molar-refractivity contribution in [3.63, 3.8) is 0 Å². The highest BCUT2D eigenvalue weighted by molar-refractivity contribution is 14.1. The number of hydrogen-bond donors (Lipinski definition) is 1. The van der Waals surface area contributed by atoms with Gasteiger partial charge in [-0.1, -0.05) is 41.2 Å². The molecule has 0 N–H and O–H groups in total. The van der Waals surface area contributed by atoms with E-state index in [1.54, 1.807) is 0 Å². The summed E-state index contributed by atoms with van der Waals surface area (Å²) in [7, 11) is 1.43. The lowest BCUT2D eigenvalue weighted by Gasteiger charge is -2.62. The van der Waals surface area contributed by atoms with Crippen LogP contribution in [0.4, 0.5) is 0 Å². The molecule has 0 aromatic heterocycles. The molecule has 0 heterocycles. The van der Waals surface area contributed by atoms with Gasteiger partial charge in [-0.15, -0.1) is 19.2 Å². The van der Waals surface area contributed by atoms with Crippen LogP contribution in [0.5, 0.6) is 0 Å². The van der Waals surface area contributed by atoms with Crippen molar-refractivity contribution >= 4 is 47.0 Å². The largest absolute Gasteiger partial charge is 0.469 e. The Kier molecular flexibility index (Phi) is 4.86. The fourth-order valence-corrected chi connectivity index (χ4v) is 6.91. The van der Waals surface area contributed by atoms with Gasteiger partial charge in [0.25, 0.3) is 0 Å². The van der Waals surface area contributed by atoms with Crippen molar-refractivity contribution < 1.29 is 14.3 Å². The smallest absolute Gasteiger partial charge is 0.312 e. The lowest BCUT2D eigenvalue weighted by atomic mass is 9.40. The molecule has 1 saturated carbocycles. The molecule has 2 unspecified atom stereocenters.